The zero-order valence-electron chi connectivity index (χ0n) is 9.89. The molecule has 0 aliphatic carbocycles. The molecule has 2 N–H and O–H groups in total. The van der Waals surface area contributed by atoms with Crippen LogP contribution in [-0.2, 0) is 0 Å². The third-order valence-electron chi connectivity index (χ3n) is 2.98. The number of rotatable bonds is 1. The third kappa shape index (κ3) is 1.62. The molecule has 90 valence electrons. The van der Waals surface area contributed by atoms with E-state index < -0.39 is 0 Å². The van der Waals surface area contributed by atoms with E-state index in [4.69, 9.17) is 5.84 Å². The lowest BCUT2D eigenvalue weighted by Crippen LogP contribution is -2.09. The topological polar surface area (TPSA) is 43.8 Å². The van der Waals surface area contributed by atoms with Crippen LogP contribution in [0.4, 0.5) is 4.39 Å². The molecule has 3 nitrogen and oxygen atoms in total. The van der Waals surface area contributed by atoms with E-state index in [-0.39, 0.29) is 5.82 Å². The number of aromatic nitrogens is 2. The summed E-state index contributed by atoms with van der Waals surface area (Å²) in [6.07, 6.45) is 0. The molecule has 0 saturated carbocycles. The standard InChI is InChI=1S/C14H12FN3/c1-9-2-7-13-12(8-9)14(17-18(13)16)10-3-5-11(15)6-4-10/h2-8H,16H2,1H3. The van der Waals surface area contributed by atoms with Crippen molar-refractivity contribution >= 4 is 10.9 Å². The monoisotopic (exact) mass is 241 g/mol. The van der Waals surface area contributed by atoms with Crippen LogP contribution in [0, 0.1) is 12.7 Å². The van der Waals surface area contributed by atoms with Gasteiger partial charge in [0.1, 0.15) is 11.5 Å². The Balaban J connectivity index is 2.28. The average Bonchev–Trinajstić information content (AvgIpc) is 2.67. The van der Waals surface area contributed by atoms with E-state index in [1.165, 1.54) is 16.9 Å². The predicted molar refractivity (Wildman–Crippen MR) is 70.0 cm³/mol. The second-order valence-corrected chi connectivity index (χ2v) is 4.32. The lowest BCUT2D eigenvalue weighted by atomic mass is 10.1. The highest BCUT2D eigenvalue weighted by Gasteiger charge is 2.11. The van der Waals surface area contributed by atoms with Crippen LogP contribution in [0.2, 0.25) is 0 Å². The third-order valence-corrected chi connectivity index (χ3v) is 2.98. The maximum absolute atomic E-state index is 12.9. The first kappa shape index (κ1) is 10.8. The number of benzene rings is 2. The minimum atomic E-state index is -0.258. The molecule has 18 heavy (non-hydrogen) atoms. The summed E-state index contributed by atoms with van der Waals surface area (Å²) in [6, 6.07) is 12.2. The first-order valence-corrected chi connectivity index (χ1v) is 5.65. The Hall–Kier alpha value is -2.36. The summed E-state index contributed by atoms with van der Waals surface area (Å²) in [5.74, 6) is 5.57. The molecule has 0 bridgehead atoms. The summed E-state index contributed by atoms with van der Waals surface area (Å²) < 4.78 is 12.9. The van der Waals surface area contributed by atoms with Gasteiger partial charge in [0.2, 0.25) is 0 Å². The Bertz CT molecular complexity index is 714. The highest BCUT2D eigenvalue weighted by atomic mass is 19.1. The molecule has 1 aromatic heterocycles. The largest absolute Gasteiger partial charge is 0.323 e. The molecule has 0 aliphatic rings. The highest BCUT2D eigenvalue weighted by molar-refractivity contribution is 5.93. The van der Waals surface area contributed by atoms with Crippen LogP contribution >= 0.6 is 0 Å². The summed E-state index contributed by atoms with van der Waals surface area (Å²) in [4.78, 5) is 1.35. The van der Waals surface area contributed by atoms with Gasteiger partial charge in [0.25, 0.3) is 0 Å². The number of hydrogen-bond donors (Lipinski definition) is 1. The fraction of sp³-hybridized carbons (Fsp3) is 0.0714. The molecule has 0 spiro atoms. The number of aryl methyl sites for hydroxylation is 1. The van der Waals surface area contributed by atoms with Gasteiger partial charge in [-0.25, -0.2) is 4.39 Å². The Morgan fingerprint density at radius 1 is 1.11 bits per heavy atom. The minimum Gasteiger partial charge on any atom is -0.323 e. The molecule has 0 radical (unpaired) electrons. The highest BCUT2D eigenvalue weighted by Crippen LogP contribution is 2.27. The fourth-order valence-electron chi connectivity index (χ4n) is 2.08. The molecular formula is C14H12FN3. The smallest absolute Gasteiger partial charge is 0.123 e. The van der Waals surface area contributed by atoms with Crippen LogP contribution < -0.4 is 5.84 Å². The van der Waals surface area contributed by atoms with Crippen molar-refractivity contribution < 1.29 is 4.39 Å². The van der Waals surface area contributed by atoms with Gasteiger partial charge in [0, 0.05) is 10.9 Å². The second-order valence-electron chi connectivity index (χ2n) is 4.32. The van der Waals surface area contributed by atoms with Crippen LogP contribution in [0.3, 0.4) is 0 Å². The number of halogens is 1. The van der Waals surface area contributed by atoms with Crippen molar-refractivity contribution in [2.24, 2.45) is 0 Å². The molecule has 0 amide bonds. The molecule has 0 fully saturated rings. The summed E-state index contributed by atoms with van der Waals surface area (Å²) in [5.41, 5.74) is 3.63. The SMILES string of the molecule is Cc1ccc2c(c1)c(-c1ccc(F)cc1)nn2N. The minimum absolute atomic E-state index is 0.258. The van der Waals surface area contributed by atoms with Crippen molar-refractivity contribution in [3.8, 4) is 11.3 Å². The maximum atomic E-state index is 12.9. The molecule has 0 saturated heterocycles. The summed E-state index contributed by atoms with van der Waals surface area (Å²) in [7, 11) is 0. The second kappa shape index (κ2) is 3.84. The Kier molecular flexibility index (Phi) is 2.30. The average molecular weight is 241 g/mol. The van der Waals surface area contributed by atoms with Gasteiger partial charge in [-0.15, -0.1) is 0 Å². The lowest BCUT2D eigenvalue weighted by Gasteiger charge is -1.98. The Morgan fingerprint density at radius 2 is 1.83 bits per heavy atom. The van der Waals surface area contributed by atoms with Crippen LogP contribution in [0.15, 0.2) is 42.5 Å². The summed E-state index contributed by atoms with van der Waals surface area (Å²) in [6.45, 7) is 2.02. The van der Waals surface area contributed by atoms with Crippen LogP contribution in [0.5, 0.6) is 0 Å². The number of nitrogens with two attached hydrogens (primary N) is 1. The number of nitrogens with zero attached hydrogens (tertiary/aromatic N) is 2. The number of nitrogen functional groups attached to an aromatic ring is 1. The van der Waals surface area contributed by atoms with Crippen molar-refractivity contribution in [1.29, 1.82) is 0 Å². The van der Waals surface area contributed by atoms with Crippen LogP contribution in [-0.4, -0.2) is 9.89 Å². The zero-order valence-corrected chi connectivity index (χ0v) is 9.89. The molecule has 3 aromatic rings. The van der Waals surface area contributed by atoms with E-state index in [0.717, 1.165) is 27.7 Å². The van der Waals surface area contributed by atoms with Gasteiger partial charge in [0.05, 0.1) is 5.52 Å². The van der Waals surface area contributed by atoms with Gasteiger partial charge in [-0.1, -0.05) is 11.6 Å². The van der Waals surface area contributed by atoms with Gasteiger partial charge < -0.3 is 5.84 Å². The molecule has 1 heterocycles. The van der Waals surface area contributed by atoms with Gasteiger partial charge >= 0.3 is 0 Å². The van der Waals surface area contributed by atoms with E-state index in [0.29, 0.717) is 0 Å². The molecule has 2 aromatic carbocycles. The van der Waals surface area contributed by atoms with Crippen LogP contribution in [0.25, 0.3) is 22.2 Å². The number of hydrogen-bond acceptors (Lipinski definition) is 2. The van der Waals surface area contributed by atoms with Gasteiger partial charge in [-0.2, -0.15) is 9.89 Å². The van der Waals surface area contributed by atoms with Crippen molar-refractivity contribution in [2.75, 3.05) is 5.84 Å². The van der Waals surface area contributed by atoms with E-state index in [2.05, 4.69) is 5.10 Å². The van der Waals surface area contributed by atoms with Crippen molar-refractivity contribution in [3.05, 3.63) is 53.8 Å². The summed E-state index contributed by atoms with van der Waals surface area (Å²) >= 11 is 0. The predicted octanol–water partition coefficient (Wildman–Crippen LogP) is 2.86. The maximum Gasteiger partial charge on any atom is 0.123 e. The van der Waals surface area contributed by atoms with Gasteiger partial charge in [-0.05, 0) is 43.3 Å². The Labute approximate surface area is 104 Å². The first-order valence-electron chi connectivity index (χ1n) is 5.65. The fourth-order valence-corrected chi connectivity index (χ4v) is 2.08. The van der Waals surface area contributed by atoms with Crippen molar-refractivity contribution in [3.63, 3.8) is 0 Å². The molecule has 0 unspecified atom stereocenters. The first-order chi connectivity index (χ1) is 8.65. The molecule has 4 heteroatoms. The molecular weight excluding hydrogens is 229 g/mol. The normalized spacial score (nSPS) is 11.0. The van der Waals surface area contributed by atoms with Gasteiger partial charge in [-0.3, -0.25) is 0 Å². The molecule has 3 rings (SSSR count). The lowest BCUT2D eigenvalue weighted by molar-refractivity contribution is 0.628. The Morgan fingerprint density at radius 3 is 2.56 bits per heavy atom. The quantitative estimate of drug-likeness (QED) is 0.666. The summed E-state index contributed by atoms with van der Waals surface area (Å²) in [5, 5.41) is 5.28. The van der Waals surface area contributed by atoms with E-state index in [9.17, 15) is 4.39 Å². The zero-order chi connectivity index (χ0) is 12.7. The van der Waals surface area contributed by atoms with Crippen LogP contribution in [0.1, 0.15) is 5.56 Å². The van der Waals surface area contributed by atoms with Gasteiger partial charge in [0.15, 0.2) is 0 Å². The molecule has 0 atom stereocenters. The number of fused-ring (bicyclic) bond motifs is 1. The van der Waals surface area contributed by atoms with E-state index >= 15 is 0 Å². The van der Waals surface area contributed by atoms with Crippen molar-refractivity contribution in [2.45, 2.75) is 6.92 Å². The molecule has 0 aliphatic heterocycles. The van der Waals surface area contributed by atoms with E-state index in [1.54, 1.807) is 12.1 Å². The van der Waals surface area contributed by atoms with Crippen molar-refractivity contribution in [1.82, 2.24) is 9.89 Å². The van der Waals surface area contributed by atoms with E-state index in [1.807, 2.05) is 25.1 Å².